The Bertz CT molecular complexity index is 1530. The van der Waals surface area contributed by atoms with Crippen molar-refractivity contribution in [3.63, 3.8) is 0 Å². The van der Waals surface area contributed by atoms with Crippen LogP contribution in [0.1, 0.15) is 28.8 Å². The zero-order valence-electron chi connectivity index (χ0n) is 19.8. The van der Waals surface area contributed by atoms with Gasteiger partial charge < -0.3 is 10.2 Å². The summed E-state index contributed by atoms with van der Waals surface area (Å²) in [5, 5.41) is 26.4. The summed E-state index contributed by atoms with van der Waals surface area (Å²) in [7, 11) is 0. The third-order valence-electron chi connectivity index (χ3n) is 6.09. The van der Waals surface area contributed by atoms with Gasteiger partial charge in [0.25, 0.3) is 11.6 Å². The molecule has 0 spiro atoms. The molecule has 0 atom stereocenters. The number of nitro benzene ring substituents is 1. The van der Waals surface area contributed by atoms with Gasteiger partial charge in [0.1, 0.15) is 16.7 Å². The number of nitrogens with zero attached hydrogens (tertiary/aromatic N) is 5. The minimum Gasteiger partial charge on any atom is -0.366 e. The Balaban J connectivity index is 1.31. The normalized spacial score (nSPS) is 13.1. The maximum Gasteiger partial charge on any atom is 0.293 e. The van der Waals surface area contributed by atoms with Crippen molar-refractivity contribution in [2.75, 3.05) is 23.3 Å². The summed E-state index contributed by atoms with van der Waals surface area (Å²) in [6.07, 6.45) is 1.96. The molecular formula is C25H22ClN7O3S. The minimum absolute atomic E-state index is 0.0107. The largest absolute Gasteiger partial charge is 0.366 e. The Kier molecular flexibility index (Phi) is 6.72. The number of hydrogen-bond acceptors (Lipinski definition) is 7. The highest BCUT2D eigenvalue weighted by atomic mass is 35.5. The molecule has 37 heavy (non-hydrogen) atoms. The van der Waals surface area contributed by atoms with Crippen LogP contribution in [0.4, 0.5) is 17.1 Å². The molecule has 10 nitrogen and oxygen atoms in total. The van der Waals surface area contributed by atoms with E-state index >= 15 is 0 Å². The number of carbonyl (C=O) groups excluding carboxylic acids is 1. The van der Waals surface area contributed by atoms with Gasteiger partial charge in [0.05, 0.1) is 21.3 Å². The van der Waals surface area contributed by atoms with Gasteiger partial charge in [-0.1, -0.05) is 29.3 Å². The minimum atomic E-state index is -0.573. The lowest BCUT2D eigenvalue weighted by Crippen LogP contribution is -2.34. The van der Waals surface area contributed by atoms with Gasteiger partial charge >= 0.3 is 0 Å². The second-order valence-electron chi connectivity index (χ2n) is 8.71. The number of fused-ring (bicyclic) bond motifs is 1. The van der Waals surface area contributed by atoms with Gasteiger partial charge in [0, 0.05) is 24.7 Å². The number of nitrogens with one attached hydrogen (secondary N) is 2. The van der Waals surface area contributed by atoms with Crippen LogP contribution in [-0.2, 0) is 0 Å². The number of carbonyl (C=O) groups is 1. The van der Waals surface area contributed by atoms with Crippen LogP contribution >= 0.6 is 23.8 Å². The lowest BCUT2D eigenvalue weighted by molar-refractivity contribution is -0.384. The first kappa shape index (κ1) is 24.6. The van der Waals surface area contributed by atoms with Crippen LogP contribution in [0.5, 0.6) is 0 Å². The van der Waals surface area contributed by atoms with E-state index < -0.39 is 10.8 Å². The lowest BCUT2D eigenvalue weighted by atomic mass is 10.1. The third-order valence-corrected chi connectivity index (χ3v) is 6.61. The van der Waals surface area contributed by atoms with E-state index in [1.807, 2.05) is 36.1 Å². The highest BCUT2D eigenvalue weighted by molar-refractivity contribution is 7.80. The molecule has 0 bridgehead atoms. The number of amides is 1. The van der Waals surface area contributed by atoms with Crippen LogP contribution in [0.25, 0.3) is 16.7 Å². The summed E-state index contributed by atoms with van der Waals surface area (Å²) in [6, 6.07) is 15.6. The highest BCUT2D eigenvalue weighted by Gasteiger charge is 2.24. The highest BCUT2D eigenvalue weighted by Crippen LogP contribution is 2.32. The van der Waals surface area contributed by atoms with E-state index in [1.165, 1.54) is 10.9 Å². The van der Waals surface area contributed by atoms with Gasteiger partial charge in [-0.3, -0.25) is 20.2 Å². The zero-order chi connectivity index (χ0) is 26.1. The molecule has 1 aliphatic heterocycles. The summed E-state index contributed by atoms with van der Waals surface area (Å²) < 4.78 is 0. The van der Waals surface area contributed by atoms with E-state index in [2.05, 4.69) is 20.8 Å². The fourth-order valence-electron chi connectivity index (χ4n) is 4.19. The fraction of sp³-hybridized carbons (Fsp3) is 0.200. The number of benzene rings is 3. The molecule has 1 aliphatic rings. The summed E-state index contributed by atoms with van der Waals surface area (Å²) in [4.78, 5) is 27.5. The second kappa shape index (κ2) is 10.1. The first-order valence-electron chi connectivity index (χ1n) is 11.6. The molecule has 0 unspecified atom stereocenters. The van der Waals surface area contributed by atoms with Crippen LogP contribution in [0.3, 0.4) is 0 Å². The predicted octanol–water partition coefficient (Wildman–Crippen LogP) is 5.02. The Labute approximate surface area is 222 Å². The van der Waals surface area contributed by atoms with Crippen LogP contribution in [0, 0.1) is 17.0 Å². The fourth-order valence-corrected chi connectivity index (χ4v) is 4.60. The lowest BCUT2D eigenvalue weighted by Gasteiger charge is -2.18. The van der Waals surface area contributed by atoms with Crippen molar-refractivity contribution < 1.29 is 9.72 Å². The quantitative estimate of drug-likeness (QED) is 0.208. The molecule has 12 heteroatoms. The van der Waals surface area contributed by atoms with E-state index in [4.69, 9.17) is 23.8 Å². The molecule has 4 aromatic rings. The summed E-state index contributed by atoms with van der Waals surface area (Å²) in [6.45, 7) is 3.51. The first-order valence-corrected chi connectivity index (χ1v) is 12.4. The number of rotatable bonds is 5. The van der Waals surface area contributed by atoms with Crippen molar-refractivity contribution >= 4 is 62.9 Å². The Morgan fingerprint density at radius 2 is 1.73 bits per heavy atom. The van der Waals surface area contributed by atoms with E-state index in [0.717, 1.165) is 37.2 Å². The van der Waals surface area contributed by atoms with Gasteiger partial charge in [0.2, 0.25) is 0 Å². The molecule has 0 aliphatic carbocycles. The molecule has 1 fully saturated rings. The van der Waals surface area contributed by atoms with Gasteiger partial charge in [-0.25, -0.2) is 0 Å². The van der Waals surface area contributed by atoms with Crippen molar-refractivity contribution in [2.45, 2.75) is 19.8 Å². The zero-order valence-corrected chi connectivity index (χ0v) is 21.3. The molecule has 1 amide bonds. The maximum absolute atomic E-state index is 12.8. The summed E-state index contributed by atoms with van der Waals surface area (Å²) in [5.74, 6) is -0.573. The van der Waals surface area contributed by atoms with Crippen molar-refractivity contribution in [3.8, 4) is 5.69 Å². The van der Waals surface area contributed by atoms with Gasteiger partial charge in [-0.15, -0.1) is 10.2 Å². The molecule has 5 rings (SSSR count). The number of hydrogen-bond donors (Lipinski definition) is 2. The number of anilines is 2. The second-order valence-corrected chi connectivity index (χ2v) is 9.52. The Morgan fingerprint density at radius 1 is 1.05 bits per heavy atom. The molecule has 188 valence electrons. The molecule has 3 aromatic carbocycles. The van der Waals surface area contributed by atoms with Crippen molar-refractivity contribution in [3.05, 3.63) is 80.9 Å². The predicted molar refractivity (Wildman–Crippen MR) is 147 cm³/mol. The summed E-state index contributed by atoms with van der Waals surface area (Å²) in [5.41, 5.74) is 4.07. The van der Waals surface area contributed by atoms with Crippen molar-refractivity contribution in [1.29, 1.82) is 0 Å². The number of thiocarbonyl (C=S) groups is 1. The average Bonchev–Trinajstić information content (AvgIpc) is 3.54. The van der Waals surface area contributed by atoms with Crippen molar-refractivity contribution in [1.82, 2.24) is 20.3 Å². The van der Waals surface area contributed by atoms with Gasteiger partial charge in [0.15, 0.2) is 5.11 Å². The molecular weight excluding hydrogens is 514 g/mol. The number of aryl methyl sites for hydroxylation is 1. The first-order chi connectivity index (χ1) is 17.8. The Hall–Kier alpha value is -4.09. The molecule has 0 radical (unpaired) electrons. The maximum atomic E-state index is 12.8. The van der Waals surface area contributed by atoms with Gasteiger partial charge in [-0.05, 0) is 68.4 Å². The monoisotopic (exact) mass is 535 g/mol. The smallest absolute Gasteiger partial charge is 0.293 e. The standard InChI is InChI=1S/C25H22ClN7O3S/c1-15-4-7-17(8-5-15)32-29-20-13-18(26)19(14-21(20)30-32)27-25(37)28-24(34)16-6-9-22(23(12-16)33(35)36)31-10-2-3-11-31/h4-9,12-14H,2-3,10-11H2,1H3,(H2,27,28,34,37). The average molecular weight is 536 g/mol. The van der Waals surface area contributed by atoms with Crippen LogP contribution in [0.2, 0.25) is 5.02 Å². The van der Waals surface area contributed by atoms with Crippen LogP contribution < -0.4 is 15.5 Å². The van der Waals surface area contributed by atoms with Crippen molar-refractivity contribution in [2.24, 2.45) is 0 Å². The number of halogens is 1. The number of nitro groups is 1. The molecule has 1 aromatic heterocycles. The molecule has 2 heterocycles. The SMILES string of the molecule is Cc1ccc(-n2nc3cc(Cl)c(NC(=S)NC(=O)c4ccc(N5CCCC5)c([N+](=O)[O-])c4)cc3n2)cc1. The van der Waals surface area contributed by atoms with E-state index in [0.29, 0.717) is 27.4 Å². The Morgan fingerprint density at radius 3 is 2.41 bits per heavy atom. The van der Waals surface area contributed by atoms with Gasteiger partial charge in [-0.2, -0.15) is 4.80 Å². The van der Waals surface area contributed by atoms with Crippen LogP contribution in [-0.4, -0.2) is 44.0 Å². The van der Waals surface area contributed by atoms with Crippen LogP contribution in [0.15, 0.2) is 54.6 Å². The number of aromatic nitrogens is 3. The summed E-state index contributed by atoms with van der Waals surface area (Å²) >= 11 is 11.7. The van der Waals surface area contributed by atoms with E-state index in [-0.39, 0.29) is 16.4 Å². The molecule has 0 saturated carbocycles. The molecule has 1 saturated heterocycles. The topological polar surface area (TPSA) is 118 Å². The van der Waals surface area contributed by atoms with E-state index in [9.17, 15) is 14.9 Å². The van der Waals surface area contributed by atoms with E-state index in [1.54, 1.807) is 24.3 Å². The molecule has 2 N–H and O–H groups in total. The third kappa shape index (κ3) is 5.23.